The summed E-state index contributed by atoms with van der Waals surface area (Å²) in [6, 6.07) is 0. The molecule has 0 bridgehead atoms. The molecule has 1 aromatic heterocycles. The number of nitrogens with one attached hydrogen (secondary N) is 1. The lowest BCUT2D eigenvalue weighted by atomic mass is 10.2. The highest BCUT2D eigenvalue weighted by molar-refractivity contribution is 8.06. The van der Waals surface area contributed by atoms with E-state index in [1.165, 1.54) is 17.9 Å². The number of nitrogens with zero attached hydrogens (tertiary/aromatic N) is 2. The van der Waals surface area contributed by atoms with E-state index in [9.17, 15) is 0 Å². The third kappa shape index (κ3) is 3.65. The van der Waals surface area contributed by atoms with Gasteiger partial charge in [0, 0.05) is 23.2 Å². The van der Waals surface area contributed by atoms with E-state index in [2.05, 4.69) is 22.4 Å². The van der Waals surface area contributed by atoms with Gasteiger partial charge in [0.25, 0.3) is 0 Å². The van der Waals surface area contributed by atoms with Gasteiger partial charge < -0.3 is 9.84 Å². The maximum atomic E-state index is 5.35. The second-order valence-corrected chi connectivity index (χ2v) is 6.96. The van der Waals surface area contributed by atoms with E-state index in [1.807, 2.05) is 30.6 Å². The normalized spacial score (nSPS) is 24.3. The molecule has 0 spiro atoms. The van der Waals surface area contributed by atoms with Crippen molar-refractivity contribution in [2.45, 2.75) is 36.7 Å². The summed E-state index contributed by atoms with van der Waals surface area (Å²) in [6.45, 7) is 3.23. The fraction of sp³-hybridized carbons (Fsp3) is 0.833. The molecule has 1 saturated heterocycles. The minimum Gasteiger partial charge on any atom is -0.339 e. The van der Waals surface area contributed by atoms with Crippen molar-refractivity contribution in [3.63, 3.8) is 0 Å². The zero-order valence-electron chi connectivity index (χ0n) is 11.0. The Balaban J connectivity index is 1.95. The van der Waals surface area contributed by atoms with Gasteiger partial charge in [0.1, 0.15) is 0 Å². The van der Waals surface area contributed by atoms with Crippen LogP contribution in [0.4, 0.5) is 0 Å². The Morgan fingerprint density at radius 1 is 1.39 bits per heavy atom. The van der Waals surface area contributed by atoms with Gasteiger partial charge in [0.15, 0.2) is 5.82 Å². The van der Waals surface area contributed by atoms with Gasteiger partial charge in [-0.05, 0) is 26.4 Å². The van der Waals surface area contributed by atoms with Crippen molar-refractivity contribution in [2.24, 2.45) is 0 Å². The summed E-state index contributed by atoms with van der Waals surface area (Å²) in [5.41, 5.74) is 0. The Hall–Kier alpha value is -0.200. The van der Waals surface area contributed by atoms with E-state index >= 15 is 0 Å². The standard InChI is InChI=1S/C12H21N3OS2/c1-3-9-11(18-8-7-17-9)12-14-10(16-15-12)5-4-6-13-2/h9,11,13H,3-8H2,1-2H3. The number of rotatable bonds is 6. The Morgan fingerprint density at radius 3 is 3.00 bits per heavy atom. The predicted molar refractivity (Wildman–Crippen MR) is 78.3 cm³/mol. The van der Waals surface area contributed by atoms with Crippen molar-refractivity contribution in [3.8, 4) is 0 Å². The summed E-state index contributed by atoms with van der Waals surface area (Å²) < 4.78 is 5.35. The monoisotopic (exact) mass is 287 g/mol. The molecule has 2 heterocycles. The molecule has 6 heteroatoms. The molecule has 1 aromatic rings. The third-order valence-electron chi connectivity index (χ3n) is 3.01. The first-order valence-corrected chi connectivity index (χ1v) is 8.65. The average Bonchev–Trinajstić information content (AvgIpc) is 2.88. The van der Waals surface area contributed by atoms with Gasteiger partial charge in [-0.25, -0.2) is 0 Å². The summed E-state index contributed by atoms with van der Waals surface area (Å²) in [5.74, 6) is 4.12. The quantitative estimate of drug-likeness (QED) is 0.811. The molecule has 1 aliphatic heterocycles. The van der Waals surface area contributed by atoms with Crippen LogP contribution in [0.1, 0.15) is 36.7 Å². The molecule has 18 heavy (non-hydrogen) atoms. The molecule has 2 rings (SSSR count). The molecule has 0 aliphatic carbocycles. The summed E-state index contributed by atoms with van der Waals surface area (Å²) in [6.07, 6.45) is 3.09. The molecular formula is C12H21N3OS2. The smallest absolute Gasteiger partial charge is 0.226 e. The van der Waals surface area contributed by atoms with Crippen molar-refractivity contribution in [2.75, 3.05) is 25.1 Å². The van der Waals surface area contributed by atoms with E-state index in [0.29, 0.717) is 10.5 Å². The predicted octanol–water partition coefficient (Wildman–Crippen LogP) is 2.52. The Bertz CT molecular complexity index is 359. The highest BCUT2D eigenvalue weighted by Crippen LogP contribution is 2.42. The summed E-state index contributed by atoms with van der Waals surface area (Å²) in [5, 5.41) is 8.35. The number of thioether (sulfide) groups is 2. The van der Waals surface area contributed by atoms with Crippen LogP contribution in [0.5, 0.6) is 0 Å². The first kappa shape index (κ1) is 14.2. The van der Waals surface area contributed by atoms with Crippen LogP contribution in [0.3, 0.4) is 0 Å². The third-order valence-corrected chi connectivity index (χ3v) is 6.25. The van der Waals surface area contributed by atoms with Crippen LogP contribution in [0.2, 0.25) is 0 Å². The molecule has 0 saturated carbocycles. The maximum absolute atomic E-state index is 5.35. The molecule has 1 N–H and O–H groups in total. The van der Waals surface area contributed by atoms with Crippen LogP contribution in [-0.2, 0) is 6.42 Å². The first-order chi connectivity index (χ1) is 8.85. The number of aromatic nitrogens is 2. The Morgan fingerprint density at radius 2 is 2.22 bits per heavy atom. The van der Waals surface area contributed by atoms with Crippen molar-refractivity contribution in [1.82, 2.24) is 15.5 Å². The molecule has 0 radical (unpaired) electrons. The van der Waals surface area contributed by atoms with Gasteiger partial charge in [-0.2, -0.15) is 16.7 Å². The largest absolute Gasteiger partial charge is 0.339 e. The zero-order chi connectivity index (χ0) is 12.8. The second kappa shape index (κ2) is 7.40. The summed E-state index contributed by atoms with van der Waals surface area (Å²) in [4.78, 5) is 4.56. The Kier molecular flexibility index (Phi) is 5.85. The van der Waals surface area contributed by atoms with Crippen LogP contribution in [-0.4, -0.2) is 40.5 Å². The average molecular weight is 287 g/mol. The minimum absolute atomic E-state index is 0.413. The summed E-state index contributed by atoms with van der Waals surface area (Å²) in [7, 11) is 1.96. The number of hydrogen-bond donors (Lipinski definition) is 1. The van der Waals surface area contributed by atoms with Crippen molar-refractivity contribution in [3.05, 3.63) is 11.7 Å². The minimum atomic E-state index is 0.413. The molecular weight excluding hydrogens is 266 g/mol. The topological polar surface area (TPSA) is 51.0 Å². The van der Waals surface area contributed by atoms with Crippen LogP contribution in [0.15, 0.2) is 4.52 Å². The zero-order valence-corrected chi connectivity index (χ0v) is 12.6. The molecule has 0 aromatic carbocycles. The number of hydrogen-bond acceptors (Lipinski definition) is 6. The molecule has 2 atom stereocenters. The summed E-state index contributed by atoms with van der Waals surface area (Å²) >= 11 is 4.02. The lowest BCUT2D eigenvalue weighted by molar-refractivity contribution is 0.369. The first-order valence-electron chi connectivity index (χ1n) is 6.55. The van der Waals surface area contributed by atoms with Crippen LogP contribution < -0.4 is 5.32 Å². The van der Waals surface area contributed by atoms with Gasteiger partial charge in [-0.15, -0.1) is 11.8 Å². The second-order valence-electron chi connectivity index (χ2n) is 4.36. The SMILES string of the molecule is CCC1SCCSC1c1noc(CCCNC)n1. The van der Waals surface area contributed by atoms with Crippen LogP contribution in [0.25, 0.3) is 0 Å². The van der Waals surface area contributed by atoms with E-state index < -0.39 is 0 Å². The molecule has 4 nitrogen and oxygen atoms in total. The van der Waals surface area contributed by atoms with Gasteiger partial charge in [0.2, 0.25) is 5.89 Å². The molecule has 102 valence electrons. The van der Waals surface area contributed by atoms with Crippen molar-refractivity contribution in [1.29, 1.82) is 0 Å². The van der Waals surface area contributed by atoms with Crippen molar-refractivity contribution < 1.29 is 4.52 Å². The molecule has 1 fully saturated rings. The Labute approximate surface area is 117 Å². The van der Waals surface area contributed by atoms with Gasteiger partial charge in [-0.1, -0.05) is 12.1 Å². The van der Waals surface area contributed by atoms with E-state index in [-0.39, 0.29) is 0 Å². The van der Waals surface area contributed by atoms with E-state index in [0.717, 1.165) is 31.1 Å². The van der Waals surface area contributed by atoms with Gasteiger partial charge >= 0.3 is 0 Å². The van der Waals surface area contributed by atoms with E-state index in [1.54, 1.807) is 0 Å². The fourth-order valence-electron chi connectivity index (χ4n) is 2.04. The highest BCUT2D eigenvalue weighted by atomic mass is 32.2. The molecule has 0 amide bonds. The number of aryl methyl sites for hydroxylation is 1. The van der Waals surface area contributed by atoms with Gasteiger partial charge in [0.05, 0.1) is 5.25 Å². The lowest BCUT2D eigenvalue weighted by Crippen LogP contribution is -2.19. The van der Waals surface area contributed by atoms with Crippen LogP contribution in [0, 0.1) is 0 Å². The highest BCUT2D eigenvalue weighted by Gasteiger charge is 2.30. The van der Waals surface area contributed by atoms with Crippen LogP contribution >= 0.6 is 23.5 Å². The van der Waals surface area contributed by atoms with E-state index in [4.69, 9.17) is 4.52 Å². The molecule has 2 unspecified atom stereocenters. The molecule has 1 aliphatic rings. The maximum Gasteiger partial charge on any atom is 0.226 e. The fourth-order valence-corrected chi connectivity index (χ4v) is 5.03. The van der Waals surface area contributed by atoms with Crippen molar-refractivity contribution >= 4 is 23.5 Å². The lowest BCUT2D eigenvalue weighted by Gasteiger charge is -2.27. The van der Waals surface area contributed by atoms with Gasteiger partial charge in [-0.3, -0.25) is 0 Å².